The quantitative estimate of drug-likeness (QED) is 0.0799. The fourth-order valence-corrected chi connectivity index (χ4v) is 12.3. The lowest BCUT2D eigenvalue weighted by Gasteiger charge is -2.28. The molecule has 1 aromatic carbocycles. The molecule has 1 aromatic rings. The van der Waals surface area contributed by atoms with Crippen LogP contribution in [0.2, 0.25) is 0 Å². The largest absolute Gasteiger partial charge is 0.507 e. The van der Waals surface area contributed by atoms with Gasteiger partial charge in [-0.1, -0.05) is 38.8 Å². The standard InChI is InChI=1S/C16H28O7P2.C13H30O6P2/c1-3-5-7-13-9-12(10-14(16(13)17)8-6-4-2)11-15(24(18,19)20)25(21,22)23;1-10(2)16-20(14,17-11(3)4)9-21(15,18-12(5)6)19-13(7)8/h9-10,15,17H,3-8,11H2,1-2H3,(H2,18,19,20)(H2,21,22,23);10-13H,9H2,1-8H3. The zero-order valence-electron chi connectivity index (χ0n) is 29.0. The Bertz CT molecular complexity index is 1120. The molecule has 0 heterocycles. The molecule has 272 valence electrons. The maximum Gasteiger partial charge on any atom is 0.343 e. The van der Waals surface area contributed by atoms with Gasteiger partial charge in [-0.3, -0.25) is 18.3 Å². The molecule has 13 nitrogen and oxygen atoms in total. The van der Waals surface area contributed by atoms with E-state index in [-0.39, 0.29) is 36.1 Å². The number of hydrogen-bond donors (Lipinski definition) is 5. The van der Waals surface area contributed by atoms with E-state index in [1.54, 1.807) is 67.5 Å². The fourth-order valence-electron chi connectivity index (χ4n) is 4.39. The van der Waals surface area contributed by atoms with E-state index in [1.165, 1.54) is 0 Å². The maximum atomic E-state index is 12.8. The van der Waals surface area contributed by atoms with Crippen LogP contribution in [0, 0.1) is 0 Å². The molecular weight excluding hydrogens is 680 g/mol. The third kappa shape index (κ3) is 18.4. The van der Waals surface area contributed by atoms with Crippen LogP contribution in [0.25, 0.3) is 0 Å². The van der Waals surface area contributed by atoms with Crippen molar-refractivity contribution >= 4 is 30.4 Å². The molecule has 0 bridgehead atoms. The normalized spacial score (nSPS) is 13.3. The Balaban J connectivity index is 0.000000896. The van der Waals surface area contributed by atoms with Crippen molar-refractivity contribution in [3.63, 3.8) is 0 Å². The molecule has 0 saturated carbocycles. The van der Waals surface area contributed by atoms with Gasteiger partial charge in [0.05, 0.1) is 24.4 Å². The minimum atomic E-state index is -4.97. The molecule has 0 spiro atoms. The minimum Gasteiger partial charge on any atom is -0.507 e. The smallest absolute Gasteiger partial charge is 0.343 e. The second kappa shape index (κ2) is 20.3. The zero-order chi connectivity index (χ0) is 36.1. The highest BCUT2D eigenvalue weighted by Crippen LogP contribution is 2.66. The zero-order valence-corrected chi connectivity index (χ0v) is 32.6. The summed E-state index contributed by atoms with van der Waals surface area (Å²) in [6.45, 7) is 18.0. The van der Waals surface area contributed by atoms with Crippen LogP contribution in [0.4, 0.5) is 0 Å². The van der Waals surface area contributed by atoms with Gasteiger partial charge in [-0.15, -0.1) is 0 Å². The third-order valence-electron chi connectivity index (χ3n) is 5.95. The van der Waals surface area contributed by atoms with Gasteiger partial charge in [0.25, 0.3) is 0 Å². The fraction of sp³-hybridized carbons (Fsp3) is 0.793. The highest BCUT2D eigenvalue weighted by Gasteiger charge is 2.43. The van der Waals surface area contributed by atoms with E-state index < -0.39 is 42.2 Å². The monoisotopic (exact) mass is 738 g/mol. The van der Waals surface area contributed by atoms with Crippen LogP contribution in [0.5, 0.6) is 5.75 Å². The molecule has 0 unspecified atom stereocenters. The van der Waals surface area contributed by atoms with Crippen LogP contribution in [0.3, 0.4) is 0 Å². The Morgan fingerprint density at radius 1 is 0.609 bits per heavy atom. The van der Waals surface area contributed by atoms with Crippen LogP contribution < -0.4 is 0 Å². The summed E-state index contributed by atoms with van der Waals surface area (Å²) in [5.74, 6) is -0.207. The Labute approximate surface area is 275 Å². The molecule has 0 aliphatic carbocycles. The van der Waals surface area contributed by atoms with Crippen LogP contribution in [0.1, 0.15) is 112 Å². The lowest BCUT2D eigenvalue weighted by atomic mass is 9.96. The minimum absolute atomic E-state index is 0.176. The molecule has 46 heavy (non-hydrogen) atoms. The number of aromatic hydroxyl groups is 1. The van der Waals surface area contributed by atoms with Gasteiger partial charge < -0.3 is 42.8 Å². The molecule has 1 rings (SSSR count). The first kappa shape index (κ1) is 45.6. The summed E-state index contributed by atoms with van der Waals surface area (Å²) in [7, 11) is -17.1. The molecule has 0 aliphatic heterocycles. The summed E-state index contributed by atoms with van der Waals surface area (Å²) in [5.41, 5.74) is 1.73. The average molecular weight is 739 g/mol. The molecule has 0 aliphatic rings. The van der Waals surface area contributed by atoms with Gasteiger partial charge in [0.1, 0.15) is 5.75 Å². The highest BCUT2D eigenvalue weighted by molar-refractivity contribution is 7.71. The molecule has 17 heteroatoms. The SMILES string of the molecule is CC(C)OP(=O)(CP(=O)(OC(C)C)OC(C)C)OC(C)C.CCCCc1cc(CC(P(=O)(O)O)P(=O)(O)O)cc(CCCC)c1O. The summed E-state index contributed by atoms with van der Waals surface area (Å²) in [6, 6.07) is 3.19. The van der Waals surface area contributed by atoms with Crippen LogP contribution in [0.15, 0.2) is 12.1 Å². The van der Waals surface area contributed by atoms with E-state index in [0.717, 1.165) is 25.7 Å². The van der Waals surface area contributed by atoms with E-state index in [1.807, 2.05) is 13.8 Å². The second-order valence-corrected chi connectivity index (χ2v) is 20.7. The number of benzene rings is 1. The molecule has 5 N–H and O–H groups in total. The number of phenols is 1. The van der Waals surface area contributed by atoms with Crippen LogP contribution in [-0.2, 0) is 55.6 Å². The van der Waals surface area contributed by atoms with E-state index in [0.29, 0.717) is 29.5 Å². The van der Waals surface area contributed by atoms with Gasteiger partial charge >= 0.3 is 30.4 Å². The summed E-state index contributed by atoms with van der Waals surface area (Å²) in [5, 5.41) is 8.35. The first-order valence-electron chi connectivity index (χ1n) is 15.7. The average Bonchev–Trinajstić information content (AvgIpc) is 2.82. The number of rotatable bonds is 20. The van der Waals surface area contributed by atoms with Crippen LogP contribution in [-0.4, -0.2) is 60.4 Å². The lowest BCUT2D eigenvalue weighted by Crippen LogP contribution is -2.15. The van der Waals surface area contributed by atoms with Gasteiger partial charge in [-0.25, -0.2) is 0 Å². The Morgan fingerprint density at radius 3 is 1.15 bits per heavy atom. The van der Waals surface area contributed by atoms with E-state index in [4.69, 9.17) is 18.1 Å². The Hall–Kier alpha value is -0.380. The third-order valence-corrected chi connectivity index (χ3v) is 15.4. The van der Waals surface area contributed by atoms with Crippen molar-refractivity contribution in [1.82, 2.24) is 0 Å². The van der Waals surface area contributed by atoms with E-state index >= 15 is 0 Å². The second-order valence-electron chi connectivity index (χ2n) is 12.3. The van der Waals surface area contributed by atoms with Gasteiger partial charge in [0, 0.05) is 0 Å². The number of aryl methyl sites for hydroxylation is 2. The lowest BCUT2D eigenvalue weighted by molar-refractivity contribution is 0.131. The van der Waals surface area contributed by atoms with Crippen molar-refractivity contribution in [1.29, 1.82) is 0 Å². The molecular formula is C29H58O13P4. The van der Waals surface area contributed by atoms with E-state index in [9.17, 15) is 42.9 Å². The predicted molar refractivity (Wildman–Crippen MR) is 182 cm³/mol. The summed E-state index contributed by atoms with van der Waals surface area (Å²) in [6.07, 6.45) is 3.01. The van der Waals surface area contributed by atoms with Crippen LogP contribution >= 0.6 is 30.4 Å². The van der Waals surface area contributed by atoms with Crippen molar-refractivity contribution < 1.29 is 61.0 Å². The molecule has 0 saturated heterocycles. The Kier molecular flexibility index (Phi) is 20.2. The highest BCUT2D eigenvalue weighted by atomic mass is 31.2. The van der Waals surface area contributed by atoms with Crippen molar-refractivity contribution in [3.05, 3.63) is 28.8 Å². The Morgan fingerprint density at radius 2 is 0.913 bits per heavy atom. The van der Waals surface area contributed by atoms with E-state index in [2.05, 4.69) is 0 Å². The topological polar surface area (TPSA) is 206 Å². The van der Waals surface area contributed by atoms with Gasteiger partial charge in [0.15, 0.2) is 11.3 Å². The number of phenolic OH excluding ortho intramolecular Hbond substituents is 1. The van der Waals surface area contributed by atoms with Crippen molar-refractivity contribution in [2.45, 2.75) is 144 Å². The van der Waals surface area contributed by atoms with Crippen molar-refractivity contribution in [2.75, 3.05) is 5.90 Å². The predicted octanol–water partition coefficient (Wildman–Crippen LogP) is 8.33. The van der Waals surface area contributed by atoms with Gasteiger partial charge in [-0.05, 0) is 104 Å². The van der Waals surface area contributed by atoms with Crippen molar-refractivity contribution in [2.24, 2.45) is 0 Å². The number of unbranched alkanes of at least 4 members (excludes halogenated alkanes) is 2. The summed E-state index contributed by atoms with van der Waals surface area (Å²) in [4.78, 5) is 37.3. The summed E-state index contributed by atoms with van der Waals surface area (Å²) < 4.78 is 70.3. The van der Waals surface area contributed by atoms with Crippen molar-refractivity contribution in [3.8, 4) is 5.75 Å². The maximum absolute atomic E-state index is 12.8. The molecule has 0 radical (unpaired) electrons. The first-order chi connectivity index (χ1) is 20.9. The molecule has 0 amide bonds. The van der Waals surface area contributed by atoms with Gasteiger partial charge in [-0.2, -0.15) is 0 Å². The summed E-state index contributed by atoms with van der Waals surface area (Å²) >= 11 is 0. The number of hydrogen-bond acceptors (Lipinski definition) is 9. The molecule has 0 aromatic heterocycles. The molecule has 0 atom stereocenters. The molecule has 0 fully saturated rings. The first-order valence-corrected chi connectivity index (χ1v) is 22.6. The van der Waals surface area contributed by atoms with Gasteiger partial charge in [0.2, 0.25) is 0 Å².